The maximum absolute atomic E-state index is 12.5. The Morgan fingerprint density at radius 2 is 1.92 bits per heavy atom. The average Bonchev–Trinajstić information content (AvgIpc) is 3.33. The molecule has 0 aliphatic rings. The van der Waals surface area contributed by atoms with Gasteiger partial charge in [-0.3, -0.25) is 9.78 Å². The van der Waals surface area contributed by atoms with Gasteiger partial charge in [0.15, 0.2) is 0 Å². The zero-order valence-corrected chi connectivity index (χ0v) is 14.4. The molecule has 1 aromatic carbocycles. The quantitative estimate of drug-likeness (QED) is 0.592. The molecule has 0 fully saturated rings. The summed E-state index contributed by atoms with van der Waals surface area (Å²) in [5.74, 6) is -0.0353. The highest BCUT2D eigenvalue weighted by Crippen LogP contribution is 2.21. The Morgan fingerprint density at radius 1 is 1.08 bits per heavy atom. The van der Waals surface area contributed by atoms with E-state index in [-0.39, 0.29) is 5.91 Å². The van der Waals surface area contributed by atoms with E-state index >= 15 is 0 Å². The molecule has 3 heterocycles. The highest BCUT2D eigenvalue weighted by Gasteiger charge is 2.14. The van der Waals surface area contributed by atoms with E-state index in [0.717, 1.165) is 33.5 Å². The second kappa shape index (κ2) is 6.91. The minimum Gasteiger partial charge on any atom is -0.351 e. The molecule has 0 aliphatic heterocycles. The molecule has 4 nitrogen and oxygen atoms in total. The standard InChI is InChI=1S/C20H17N3OS/c24-20(19-17(9-14-25-19)23-12-1-2-13-23)22-11-8-16-6-3-5-15-7-4-10-21-18(15)16/h1-7,9-10,12-14H,8,11H2,(H,22,24). The Bertz CT molecular complexity index is 999. The van der Waals surface area contributed by atoms with Gasteiger partial charge in [0, 0.05) is 30.5 Å². The van der Waals surface area contributed by atoms with Crippen LogP contribution in [0.5, 0.6) is 0 Å². The number of carbonyl (C=O) groups is 1. The highest BCUT2D eigenvalue weighted by molar-refractivity contribution is 7.12. The summed E-state index contributed by atoms with van der Waals surface area (Å²) in [5.41, 5.74) is 3.07. The van der Waals surface area contributed by atoms with Crippen molar-refractivity contribution in [2.45, 2.75) is 6.42 Å². The van der Waals surface area contributed by atoms with Crippen LogP contribution in [0, 0.1) is 0 Å². The topological polar surface area (TPSA) is 46.9 Å². The Hall–Kier alpha value is -2.92. The molecule has 0 radical (unpaired) electrons. The molecule has 0 spiro atoms. The van der Waals surface area contributed by atoms with Gasteiger partial charge in [-0.1, -0.05) is 24.3 Å². The van der Waals surface area contributed by atoms with Crippen LogP contribution in [0.1, 0.15) is 15.2 Å². The van der Waals surface area contributed by atoms with Gasteiger partial charge in [0.05, 0.1) is 11.2 Å². The number of nitrogens with one attached hydrogen (secondary N) is 1. The van der Waals surface area contributed by atoms with Gasteiger partial charge in [0.25, 0.3) is 5.91 Å². The van der Waals surface area contributed by atoms with E-state index in [2.05, 4.69) is 28.5 Å². The van der Waals surface area contributed by atoms with Crippen molar-refractivity contribution in [1.82, 2.24) is 14.9 Å². The lowest BCUT2D eigenvalue weighted by Crippen LogP contribution is -2.25. The third kappa shape index (κ3) is 3.19. The summed E-state index contributed by atoms with van der Waals surface area (Å²) in [4.78, 5) is 17.7. The minimum absolute atomic E-state index is 0.0353. The monoisotopic (exact) mass is 347 g/mol. The zero-order valence-electron chi connectivity index (χ0n) is 13.6. The molecule has 4 aromatic rings. The number of aromatic nitrogens is 2. The van der Waals surface area contributed by atoms with Gasteiger partial charge < -0.3 is 9.88 Å². The van der Waals surface area contributed by atoms with Crippen molar-refractivity contribution in [3.63, 3.8) is 0 Å². The van der Waals surface area contributed by atoms with Gasteiger partial charge in [0.1, 0.15) is 4.88 Å². The lowest BCUT2D eigenvalue weighted by molar-refractivity contribution is 0.0958. The van der Waals surface area contributed by atoms with E-state index in [1.807, 2.05) is 52.7 Å². The van der Waals surface area contributed by atoms with E-state index in [1.165, 1.54) is 11.3 Å². The molecule has 0 saturated carbocycles. The summed E-state index contributed by atoms with van der Waals surface area (Å²) >= 11 is 1.46. The van der Waals surface area contributed by atoms with Gasteiger partial charge in [-0.15, -0.1) is 11.3 Å². The molecular formula is C20H17N3OS. The summed E-state index contributed by atoms with van der Waals surface area (Å²) in [5, 5.41) is 6.10. The largest absolute Gasteiger partial charge is 0.351 e. The van der Waals surface area contributed by atoms with Crippen LogP contribution in [0.2, 0.25) is 0 Å². The molecule has 124 valence electrons. The molecule has 1 N–H and O–H groups in total. The minimum atomic E-state index is -0.0353. The second-order valence-corrected chi connectivity index (χ2v) is 6.64. The molecule has 5 heteroatoms. The smallest absolute Gasteiger partial charge is 0.263 e. The Kier molecular flexibility index (Phi) is 4.31. The lowest BCUT2D eigenvalue weighted by Gasteiger charge is -2.08. The molecular weight excluding hydrogens is 330 g/mol. The molecule has 25 heavy (non-hydrogen) atoms. The van der Waals surface area contributed by atoms with E-state index in [1.54, 1.807) is 6.20 Å². The summed E-state index contributed by atoms with van der Waals surface area (Å²) < 4.78 is 1.96. The first-order chi connectivity index (χ1) is 12.3. The first-order valence-electron chi connectivity index (χ1n) is 8.14. The van der Waals surface area contributed by atoms with Crippen molar-refractivity contribution < 1.29 is 4.79 Å². The number of pyridine rings is 1. The first kappa shape index (κ1) is 15.6. The number of carbonyl (C=O) groups excluding carboxylic acids is 1. The number of rotatable bonds is 5. The van der Waals surface area contributed by atoms with E-state index < -0.39 is 0 Å². The van der Waals surface area contributed by atoms with E-state index in [4.69, 9.17) is 0 Å². The van der Waals surface area contributed by atoms with Crippen LogP contribution in [0.15, 0.2) is 72.5 Å². The van der Waals surface area contributed by atoms with Crippen LogP contribution in [0.4, 0.5) is 0 Å². The number of hydrogen-bond donors (Lipinski definition) is 1. The molecule has 3 aromatic heterocycles. The van der Waals surface area contributed by atoms with Crippen LogP contribution in [-0.4, -0.2) is 22.0 Å². The van der Waals surface area contributed by atoms with Crippen LogP contribution in [-0.2, 0) is 6.42 Å². The van der Waals surface area contributed by atoms with Gasteiger partial charge in [-0.05, 0) is 41.6 Å². The third-order valence-electron chi connectivity index (χ3n) is 4.13. The summed E-state index contributed by atoms with van der Waals surface area (Å²) in [7, 11) is 0. The summed E-state index contributed by atoms with van der Waals surface area (Å²) in [6, 6.07) is 16.0. The Labute approximate surface area is 149 Å². The summed E-state index contributed by atoms with van der Waals surface area (Å²) in [6.45, 7) is 0.581. The normalized spacial score (nSPS) is 10.9. The predicted octanol–water partition coefficient (Wildman–Crippen LogP) is 4.06. The van der Waals surface area contributed by atoms with Crippen LogP contribution in [0.3, 0.4) is 0 Å². The fourth-order valence-corrected chi connectivity index (χ4v) is 3.74. The lowest BCUT2D eigenvalue weighted by atomic mass is 10.1. The fraction of sp³-hybridized carbons (Fsp3) is 0.100. The average molecular weight is 347 g/mol. The van der Waals surface area contributed by atoms with E-state index in [0.29, 0.717) is 6.54 Å². The van der Waals surface area contributed by atoms with Crippen molar-refractivity contribution in [3.05, 3.63) is 82.9 Å². The zero-order chi connectivity index (χ0) is 17.1. The molecule has 4 rings (SSSR count). The van der Waals surface area contributed by atoms with Gasteiger partial charge in [-0.2, -0.15) is 0 Å². The SMILES string of the molecule is O=C(NCCc1cccc2cccnc12)c1sccc1-n1cccc1. The molecule has 0 atom stereocenters. The van der Waals surface area contributed by atoms with Crippen LogP contribution < -0.4 is 5.32 Å². The third-order valence-corrected chi connectivity index (χ3v) is 5.03. The van der Waals surface area contributed by atoms with Crippen molar-refractivity contribution >= 4 is 28.1 Å². The number of benzene rings is 1. The Morgan fingerprint density at radius 3 is 2.80 bits per heavy atom. The van der Waals surface area contributed by atoms with Crippen molar-refractivity contribution in [1.29, 1.82) is 0 Å². The summed E-state index contributed by atoms with van der Waals surface area (Å²) in [6.07, 6.45) is 6.45. The molecule has 0 unspecified atom stereocenters. The molecule has 0 saturated heterocycles. The number of amides is 1. The number of para-hydroxylation sites is 1. The Balaban J connectivity index is 1.46. The highest BCUT2D eigenvalue weighted by atomic mass is 32.1. The maximum Gasteiger partial charge on any atom is 0.263 e. The number of fused-ring (bicyclic) bond motifs is 1. The number of hydrogen-bond acceptors (Lipinski definition) is 3. The molecule has 0 aliphatic carbocycles. The predicted molar refractivity (Wildman–Crippen MR) is 101 cm³/mol. The first-order valence-corrected chi connectivity index (χ1v) is 9.02. The van der Waals surface area contributed by atoms with Gasteiger partial charge >= 0.3 is 0 Å². The van der Waals surface area contributed by atoms with Crippen molar-refractivity contribution in [2.24, 2.45) is 0 Å². The van der Waals surface area contributed by atoms with Gasteiger partial charge in [0.2, 0.25) is 0 Å². The van der Waals surface area contributed by atoms with Crippen molar-refractivity contribution in [2.75, 3.05) is 6.54 Å². The maximum atomic E-state index is 12.5. The van der Waals surface area contributed by atoms with E-state index in [9.17, 15) is 4.79 Å². The van der Waals surface area contributed by atoms with Gasteiger partial charge in [-0.25, -0.2) is 0 Å². The number of thiophene rings is 1. The number of nitrogens with zero attached hydrogens (tertiary/aromatic N) is 2. The molecule has 1 amide bonds. The van der Waals surface area contributed by atoms with Crippen LogP contribution >= 0.6 is 11.3 Å². The molecule has 0 bridgehead atoms. The van der Waals surface area contributed by atoms with Crippen LogP contribution in [0.25, 0.3) is 16.6 Å². The fourth-order valence-electron chi connectivity index (χ4n) is 2.93. The second-order valence-electron chi connectivity index (χ2n) is 5.72. The van der Waals surface area contributed by atoms with Crippen molar-refractivity contribution in [3.8, 4) is 5.69 Å².